The highest BCUT2D eigenvalue weighted by atomic mass is 35.5. The van der Waals surface area contributed by atoms with Gasteiger partial charge in [0.05, 0.1) is 15.6 Å². The van der Waals surface area contributed by atoms with Gasteiger partial charge in [0.15, 0.2) is 0 Å². The molecule has 3 nitrogen and oxygen atoms in total. The van der Waals surface area contributed by atoms with Gasteiger partial charge in [-0.3, -0.25) is 4.79 Å². The summed E-state index contributed by atoms with van der Waals surface area (Å²) >= 11 is 11.7. The molecule has 0 saturated carbocycles. The van der Waals surface area contributed by atoms with Gasteiger partial charge < -0.3 is 11.1 Å². The van der Waals surface area contributed by atoms with Crippen LogP contribution in [0.15, 0.2) is 18.2 Å². The van der Waals surface area contributed by atoms with Crippen molar-refractivity contribution in [2.45, 2.75) is 13.0 Å². The quantitative estimate of drug-likeness (QED) is 0.895. The molecule has 1 atom stereocenters. The number of amides is 1. The van der Waals surface area contributed by atoms with Crippen LogP contribution < -0.4 is 11.1 Å². The van der Waals surface area contributed by atoms with Crippen LogP contribution in [0.25, 0.3) is 0 Å². The summed E-state index contributed by atoms with van der Waals surface area (Å²) < 4.78 is 0. The lowest BCUT2D eigenvalue weighted by molar-refractivity contribution is 0.0941. The van der Waals surface area contributed by atoms with E-state index in [-0.39, 0.29) is 29.4 Å². The summed E-state index contributed by atoms with van der Waals surface area (Å²) in [6, 6.07) is 4.84. The Hall–Kier alpha value is -0.480. The smallest absolute Gasteiger partial charge is 0.253 e. The standard InChI is InChI=1S/C10H12Cl2N2O.ClH/c1-6(5-13)14-10(15)7-3-2-4-8(11)9(7)12;/h2-4,6H,5,13H2,1H3,(H,14,15);1H/t6-;/m0./s1. The molecule has 6 heteroatoms. The van der Waals surface area contributed by atoms with E-state index in [1.165, 1.54) is 0 Å². The van der Waals surface area contributed by atoms with E-state index >= 15 is 0 Å². The molecular weight excluding hydrogens is 270 g/mol. The fraction of sp³-hybridized carbons (Fsp3) is 0.300. The van der Waals surface area contributed by atoms with Crippen LogP contribution in [0.1, 0.15) is 17.3 Å². The number of benzene rings is 1. The average Bonchev–Trinajstić information content (AvgIpc) is 2.21. The number of hydrogen-bond acceptors (Lipinski definition) is 2. The molecule has 0 aliphatic heterocycles. The predicted octanol–water partition coefficient (Wildman–Crippen LogP) is 2.49. The Kier molecular flexibility index (Phi) is 6.76. The van der Waals surface area contributed by atoms with Crippen LogP contribution in [0.5, 0.6) is 0 Å². The zero-order valence-corrected chi connectivity index (χ0v) is 11.0. The summed E-state index contributed by atoms with van der Waals surface area (Å²) in [7, 11) is 0. The highest BCUT2D eigenvalue weighted by molar-refractivity contribution is 6.43. The molecule has 0 heterocycles. The highest BCUT2D eigenvalue weighted by Crippen LogP contribution is 2.25. The normalized spacial score (nSPS) is 11.5. The molecule has 0 aliphatic rings. The van der Waals surface area contributed by atoms with Crippen LogP contribution >= 0.6 is 35.6 Å². The summed E-state index contributed by atoms with van der Waals surface area (Å²) in [5.41, 5.74) is 5.76. The molecule has 0 bridgehead atoms. The molecule has 0 fully saturated rings. The fourth-order valence-electron chi connectivity index (χ4n) is 1.04. The molecule has 0 saturated heterocycles. The average molecular weight is 284 g/mol. The number of nitrogens with two attached hydrogens (primary N) is 1. The first kappa shape index (κ1) is 15.5. The number of rotatable bonds is 3. The number of carbonyl (C=O) groups excluding carboxylic acids is 1. The van der Waals surface area contributed by atoms with Crippen LogP contribution in [0.4, 0.5) is 0 Å². The number of halogens is 3. The van der Waals surface area contributed by atoms with Gasteiger partial charge in [0, 0.05) is 12.6 Å². The van der Waals surface area contributed by atoms with E-state index in [9.17, 15) is 4.79 Å². The van der Waals surface area contributed by atoms with E-state index in [1.54, 1.807) is 18.2 Å². The van der Waals surface area contributed by atoms with Crippen molar-refractivity contribution in [1.82, 2.24) is 5.32 Å². The van der Waals surface area contributed by atoms with Crippen LogP contribution in [0.3, 0.4) is 0 Å². The second kappa shape index (κ2) is 6.97. The maximum atomic E-state index is 11.7. The van der Waals surface area contributed by atoms with Gasteiger partial charge in [-0.2, -0.15) is 0 Å². The van der Waals surface area contributed by atoms with Crippen molar-refractivity contribution in [2.24, 2.45) is 5.73 Å². The van der Waals surface area contributed by atoms with Gasteiger partial charge in [-0.25, -0.2) is 0 Å². The third-order valence-corrected chi connectivity index (χ3v) is 2.75. The number of nitrogens with one attached hydrogen (secondary N) is 1. The molecular formula is C10H13Cl3N2O. The monoisotopic (exact) mass is 282 g/mol. The number of hydrogen-bond donors (Lipinski definition) is 2. The van der Waals surface area contributed by atoms with E-state index in [0.717, 1.165) is 0 Å². The molecule has 0 spiro atoms. The third-order valence-electron chi connectivity index (χ3n) is 1.93. The van der Waals surface area contributed by atoms with Crippen LogP contribution in [0, 0.1) is 0 Å². The van der Waals surface area contributed by atoms with Crippen molar-refractivity contribution in [3.8, 4) is 0 Å². The molecule has 1 aromatic rings. The number of carbonyl (C=O) groups is 1. The maximum Gasteiger partial charge on any atom is 0.253 e. The largest absolute Gasteiger partial charge is 0.348 e. The van der Waals surface area contributed by atoms with Crippen LogP contribution in [-0.4, -0.2) is 18.5 Å². The molecule has 1 aromatic carbocycles. The Labute approximate surface area is 111 Å². The summed E-state index contributed by atoms with van der Waals surface area (Å²) in [4.78, 5) is 11.7. The zero-order chi connectivity index (χ0) is 11.4. The van der Waals surface area contributed by atoms with Gasteiger partial charge in [0.2, 0.25) is 0 Å². The van der Waals surface area contributed by atoms with Crippen molar-refractivity contribution < 1.29 is 4.79 Å². The molecule has 0 unspecified atom stereocenters. The van der Waals surface area contributed by atoms with Crippen LogP contribution in [-0.2, 0) is 0 Å². The zero-order valence-electron chi connectivity index (χ0n) is 8.67. The second-order valence-electron chi connectivity index (χ2n) is 3.21. The van der Waals surface area contributed by atoms with E-state index in [2.05, 4.69) is 5.32 Å². The Morgan fingerprint density at radius 2 is 2.12 bits per heavy atom. The van der Waals surface area contributed by atoms with Crippen molar-refractivity contribution in [1.29, 1.82) is 0 Å². The predicted molar refractivity (Wildman–Crippen MR) is 69.7 cm³/mol. The first-order chi connectivity index (χ1) is 7.06. The minimum Gasteiger partial charge on any atom is -0.348 e. The van der Waals surface area contributed by atoms with Gasteiger partial charge in [0.25, 0.3) is 5.91 Å². The van der Waals surface area contributed by atoms with E-state index in [0.29, 0.717) is 17.1 Å². The van der Waals surface area contributed by atoms with Gasteiger partial charge in [0.1, 0.15) is 0 Å². The molecule has 3 N–H and O–H groups in total. The molecule has 90 valence electrons. The van der Waals surface area contributed by atoms with Gasteiger partial charge in [-0.05, 0) is 19.1 Å². The molecule has 0 radical (unpaired) electrons. The minimum atomic E-state index is -0.263. The maximum absolute atomic E-state index is 11.7. The van der Waals surface area contributed by atoms with Crippen molar-refractivity contribution >= 4 is 41.5 Å². The molecule has 1 amide bonds. The van der Waals surface area contributed by atoms with Gasteiger partial charge in [-0.15, -0.1) is 12.4 Å². The van der Waals surface area contributed by atoms with Crippen molar-refractivity contribution in [3.05, 3.63) is 33.8 Å². The SMILES string of the molecule is C[C@@H](CN)NC(=O)c1cccc(Cl)c1Cl.Cl. The topological polar surface area (TPSA) is 55.1 Å². The Morgan fingerprint density at radius 1 is 1.50 bits per heavy atom. The molecule has 16 heavy (non-hydrogen) atoms. The summed E-state index contributed by atoms with van der Waals surface area (Å²) in [5.74, 6) is -0.263. The molecule has 1 rings (SSSR count). The van der Waals surface area contributed by atoms with Crippen molar-refractivity contribution in [2.75, 3.05) is 6.54 Å². The summed E-state index contributed by atoms with van der Waals surface area (Å²) in [5, 5.41) is 3.34. The highest BCUT2D eigenvalue weighted by Gasteiger charge is 2.13. The lowest BCUT2D eigenvalue weighted by Gasteiger charge is -2.12. The van der Waals surface area contributed by atoms with E-state index in [1.807, 2.05) is 6.92 Å². The summed E-state index contributed by atoms with van der Waals surface area (Å²) in [6.45, 7) is 2.19. The lowest BCUT2D eigenvalue weighted by Crippen LogP contribution is -2.37. The Balaban J connectivity index is 0.00000225. The first-order valence-corrected chi connectivity index (χ1v) is 5.26. The molecule has 0 aromatic heterocycles. The fourth-order valence-corrected chi connectivity index (χ4v) is 1.43. The van der Waals surface area contributed by atoms with Gasteiger partial charge in [-0.1, -0.05) is 29.3 Å². The first-order valence-electron chi connectivity index (χ1n) is 4.51. The second-order valence-corrected chi connectivity index (χ2v) is 4.00. The summed E-state index contributed by atoms with van der Waals surface area (Å²) in [6.07, 6.45) is 0. The van der Waals surface area contributed by atoms with Gasteiger partial charge >= 0.3 is 0 Å². The third kappa shape index (κ3) is 3.83. The minimum absolute atomic E-state index is 0. The van der Waals surface area contributed by atoms with Crippen LogP contribution in [0.2, 0.25) is 10.0 Å². The lowest BCUT2D eigenvalue weighted by atomic mass is 10.2. The van der Waals surface area contributed by atoms with E-state index in [4.69, 9.17) is 28.9 Å². The van der Waals surface area contributed by atoms with Crippen molar-refractivity contribution in [3.63, 3.8) is 0 Å². The molecule has 0 aliphatic carbocycles. The Bertz CT molecular complexity index is 371. The Morgan fingerprint density at radius 3 is 2.69 bits per heavy atom. The van der Waals surface area contributed by atoms with E-state index < -0.39 is 0 Å².